The lowest BCUT2D eigenvalue weighted by Crippen LogP contribution is -2.52. The summed E-state index contributed by atoms with van der Waals surface area (Å²) in [6.07, 6.45) is 3.33. The third kappa shape index (κ3) is 3.39. The van der Waals surface area contributed by atoms with Gasteiger partial charge in [-0.05, 0) is 6.07 Å². The molecular weight excluding hydrogens is 306 g/mol. The predicted octanol–water partition coefficient (Wildman–Crippen LogP) is 0.574. The molecule has 1 fully saturated rings. The average molecular weight is 321 g/mol. The van der Waals surface area contributed by atoms with Crippen molar-refractivity contribution in [1.82, 2.24) is 15.0 Å². The second-order valence-electron chi connectivity index (χ2n) is 5.04. The summed E-state index contributed by atoms with van der Waals surface area (Å²) in [5, 5.41) is 12.9. The van der Waals surface area contributed by atoms with Crippen molar-refractivity contribution in [3.8, 4) is 11.4 Å². The number of morpholine rings is 1. The standard InChI is InChI=1S/C14H15N3O6/c18-12(17-4-6-22-8-10(17)14(19)20)2-1-11-15-13(16-23-11)9-3-5-21-7-9/h3,5,7,10H,1-2,4,6,8H2,(H,19,20). The van der Waals surface area contributed by atoms with Crippen molar-refractivity contribution in [1.29, 1.82) is 0 Å². The van der Waals surface area contributed by atoms with E-state index in [9.17, 15) is 9.59 Å². The Morgan fingerprint density at radius 3 is 3.04 bits per heavy atom. The van der Waals surface area contributed by atoms with E-state index < -0.39 is 12.0 Å². The Bertz CT molecular complexity index is 681. The zero-order valence-electron chi connectivity index (χ0n) is 12.2. The summed E-state index contributed by atoms with van der Waals surface area (Å²) in [7, 11) is 0. The minimum absolute atomic E-state index is 0.00622. The Hall–Kier alpha value is -2.68. The molecule has 3 heterocycles. The molecule has 0 spiro atoms. The molecule has 1 unspecified atom stereocenters. The van der Waals surface area contributed by atoms with Gasteiger partial charge in [-0.3, -0.25) is 4.79 Å². The van der Waals surface area contributed by atoms with Gasteiger partial charge in [-0.1, -0.05) is 5.16 Å². The predicted molar refractivity (Wildman–Crippen MR) is 74.3 cm³/mol. The number of carbonyl (C=O) groups excluding carboxylic acids is 1. The lowest BCUT2D eigenvalue weighted by molar-refractivity contribution is -0.158. The van der Waals surface area contributed by atoms with Crippen LogP contribution in [-0.4, -0.2) is 57.8 Å². The molecule has 3 rings (SSSR count). The zero-order valence-corrected chi connectivity index (χ0v) is 12.2. The molecule has 0 radical (unpaired) electrons. The number of furan rings is 1. The van der Waals surface area contributed by atoms with Crippen molar-refractivity contribution < 1.29 is 28.4 Å². The largest absolute Gasteiger partial charge is 0.480 e. The van der Waals surface area contributed by atoms with Crippen molar-refractivity contribution in [2.75, 3.05) is 19.8 Å². The Morgan fingerprint density at radius 1 is 1.43 bits per heavy atom. The molecule has 2 aromatic heterocycles. The third-order valence-corrected chi connectivity index (χ3v) is 3.53. The second-order valence-corrected chi connectivity index (χ2v) is 5.04. The van der Waals surface area contributed by atoms with Crippen LogP contribution in [0.2, 0.25) is 0 Å². The SMILES string of the molecule is O=C(O)C1COCCN1C(=O)CCc1nc(-c2ccoc2)no1. The van der Waals surface area contributed by atoms with E-state index in [1.54, 1.807) is 6.07 Å². The zero-order chi connectivity index (χ0) is 16.2. The smallest absolute Gasteiger partial charge is 0.328 e. The molecule has 1 amide bonds. The van der Waals surface area contributed by atoms with Crippen molar-refractivity contribution in [2.45, 2.75) is 18.9 Å². The number of aromatic nitrogens is 2. The van der Waals surface area contributed by atoms with Crippen LogP contribution in [0.15, 0.2) is 27.5 Å². The molecule has 1 saturated heterocycles. The van der Waals surface area contributed by atoms with Crippen LogP contribution in [0.25, 0.3) is 11.4 Å². The first-order valence-corrected chi connectivity index (χ1v) is 7.10. The molecule has 0 saturated carbocycles. The number of aliphatic carboxylic acids is 1. The number of hydrogen-bond donors (Lipinski definition) is 1. The van der Waals surface area contributed by atoms with Gasteiger partial charge in [0.2, 0.25) is 17.6 Å². The van der Waals surface area contributed by atoms with E-state index in [0.717, 1.165) is 0 Å². The van der Waals surface area contributed by atoms with E-state index in [2.05, 4.69) is 10.1 Å². The van der Waals surface area contributed by atoms with E-state index in [4.69, 9.17) is 18.8 Å². The summed E-state index contributed by atoms with van der Waals surface area (Å²) in [5.74, 6) is -0.646. The number of carboxylic acid groups (broad SMARTS) is 1. The van der Waals surface area contributed by atoms with Crippen molar-refractivity contribution >= 4 is 11.9 Å². The number of ether oxygens (including phenoxy) is 1. The Kier molecular flexibility index (Phi) is 4.38. The van der Waals surface area contributed by atoms with Gasteiger partial charge in [-0.25, -0.2) is 4.79 Å². The Morgan fingerprint density at radius 2 is 2.30 bits per heavy atom. The van der Waals surface area contributed by atoms with E-state index in [1.165, 1.54) is 17.4 Å². The minimum atomic E-state index is -1.07. The molecule has 1 aliphatic heterocycles. The number of nitrogens with zero attached hydrogens (tertiary/aromatic N) is 3. The molecule has 23 heavy (non-hydrogen) atoms. The molecule has 0 aliphatic carbocycles. The Labute approximate surface area is 130 Å². The highest BCUT2D eigenvalue weighted by molar-refractivity contribution is 5.84. The molecule has 1 N–H and O–H groups in total. The highest BCUT2D eigenvalue weighted by atomic mass is 16.5. The van der Waals surface area contributed by atoms with Crippen molar-refractivity contribution in [3.05, 3.63) is 24.5 Å². The fourth-order valence-electron chi connectivity index (χ4n) is 2.33. The maximum absolute atomic E-state index is 12.2. The van der Waals surface area contributed by atoms with Crippen LogP contribution >= 0.6 is 0 Å². The van der Waals surface area contributed by atoms with Crippen LogP contribution in [-0.2, 0) is 20.7 Å². The highest BCUT2D eigenvalue weighted by Crippen LogP contribution is 2.17. The first-order valence-electron chi connectivity index (χ1n) is 7.10. The van der Waals surface area contributed by atoms with Crippen LogP contribution in [0.4, 0.5) is 0 Å². The number of hydrogen-bond acceptors (Lipinski definition) is 7. The fraction of sp³-hybridized carbons (Fsp3) is 0.429. The number of rotatable bonds is 5. The van der Waals surface area contributed by atoms with Gasteiger partial charge in [0.05, 0.1) is 25.0 Å². The van der Waals surface area contributed by atoms with Crippen LogP contribution in [0.3, 0.4) is 0 Å². The third-order valence-electron chi connectivity index (χ3n) is 3.53. The van der Waals surface area contributed by atoms with Crippen LogP contribution in [0.5, 0.6) is 0 Å². The summed E-state index contributed by atoms with van der Waals surface area (Å²) in [5.41, 5.74) is 0.686. The summed E-state index contributed by atoms with van der Waals surface area (Å²) in [6.45, 7) is 0.604. The topological polar surface area (TPSA) is 119 Å². The Balaban J connectivity index is 1.59. The van der Waals surface area contributed by atoms with E-state index in [0.29, 0.717) is 23.9 Å². The molecule has 0 aromatic carbocycles. The van der Waals surface area contributed by atoms with Gasteiger partial charge in [0.15, 0.2) is 6.04 Å². The molecule has 1 atom stereocenters. The summed E-state index contributed by atoms with van der Waals surface area (Å²) in [6, 6.07) is 0.755. The van der Waals surface area contributed by atoms with E-state index >= 15 is 0 Å². The van der Waals surface area contributed by atoms with Crippen LogP contribution in [0, 0.1) is 0 Å². The molecule has 122 valence electrons. The summed E-state index contributed by atoms with van der Waals surface area (Å²) in [4.78, 5) is 28.9. The quantitative estimate of drug-likeness (QED) is 0.849. The van der Waals surface area contributed by atoms with Gasteiger partial charge in [-0.15, -0.1) is 0 Å². The minimum Gasteiger partial charge on any atom is -0.480 e. The number of amides is 1. The van der Waals surface area contributed by atoms with Gasteiger partial charge in [0, 0.05) is 19.4 Å². The van der Waals surface area contributed by atoms with Crippen molar-refractivity contribution in [2.24, 2.45) is 0 Å². The van der Waals surface area contributed by atoms with E-state index in [-0.39, 0.29) is 31.9 Å². The van der Waals surface area contributed by atoms with Crippen LogP contribution < -0.4 is 0 Å². The number of carbonyl (C=O) groups is 2. The fourth-order valence-corrected chi connectivity index (χ4v) is 2.33. The highest BCUT2D eigenvalue weighted by Gasteiger charge is 2.32. The average Bonchev–Trinajstić information content (AvgIpc) is 3.23. The molecule has 1 aliphatic rings. The van der Waals surface area contributed by atoms with Gasteiger partial charge in [-0.2, -0.15) is 4.98 Å². The van der Waals surface area contributed by atoms with Gasteiger partial charge >= 0.3 is 5.97 Å². The first-order chi connectivity index (χ1) is 11.1. The van der Waals surface area contributed by atoms with Crippen molar-refractivity contribution in [3.63, 3.8) is 0 Å². The summed E-state index contributed by atoms with van der Waals surface area (Å²) < 4.78 is 15.1. The van der Waals surface area contributed by atoms with Gasteiger partial charge in [0.25, 0.3) is 0 Å². The lowest BCUT2D eigenvalue weighted by Gasteiger charge is -2.32. The molecule has 9 heteroatoms. The number of carboxylic acids is 1. The van der Waals surface area contributed by atoms with Gasteiger partial charge in [0.1, 0.15) is 6.26 Å². The number of aryl methyl sites for hydroxylation is 1. The van der Waals surface area contributed by atoms with Crippen LogP contribution in [0.1, 0.15) is 12.3 Å². The first kappa shape index (κ1) is 15.2. The van der Waals surface area contributed by atoms with Gasteiger partial charge < -0.3 is 23.7 Å². The normalized spacial score (nSPS) is 18.1. The maximum atomic E-state index is 12.2. The summed E-state index contributed by atoms with van der Waals surface area (Å²) >= 11 is 0. The molecule has 0 bridgehead atoms. The molecule has 2 aromatic rings. The second kappa shape index (κ2) is 6.61. The molecule has 9 nitrogen and oxygen atoms in total. The monoisotopic (exact) mass is 321 g/mol. The molecular formula is C14H15N3O6. The lowest BCUT2D eigenvalue weighted by atomic mass is 10.2. The van der Waals surface area contributed by atoms with E-state index in [1.807, 2.05) is 0 Å². The maximum Gasteiger partial charge on any atom is 0.328 e.